The second-order valence-electron chi connectivity index (χ2n) is 8.29. The van der Waals surface area contributed by atoms with Gasteiger partial charge in [0.2, 0.25) is 0 Å². The first kappa shape index (κ1) is 24.0. The standard InChI is InChI=1S/C22H27ClN4O4S/c1-14(2)15-8-10-27(11-9-15)22(29)25-19-6-5-17(32(3,30)31)12-18(19)21(28)26-20-7-4-16(23)13-24-20/h4-7,12-15H,8-11H2,1-3H3,(H,25,29)(H,24,26,28). The van der Waals surface area contributed by atoms with Gasteiger partial charge in [0.1, 0.15) is 5.82 Å². The van der Waals surface area contributed by atoms with Crippen molar-refractivity contribution in [2.24, 2.45) is 11.8 Å². The van der Waals surface area contributed by atoms with Crippen LogP contribution in [0.1, 0.15) is 37.0 Å². The first-order chi connectivity index (χ1) is 15.0. The molecule has 3 amide bonds. The van der Waals surface area contributed by atoms with Gasteiger partial charge in [-0.3, -0.25) is 4.79 Å². The van der Waals surface area contributed by atoms with Gasteiger partial charge in [0.05, 0.1) is 21.2 Å². The highest BCUT2D eigenvalue weighted by atomic mass is 35.5. The normalized spacial score (nSPS) is 15.0. The number of nitrogens with zero attached hydrogens (tertiary/aromatic N) is 2. The lowest BCUT2D eigenvalue weighted by Gasteiger charge is -2.34. The van der Waals surface area contributed by atoms with Crippen LogP contribution in [-0.2, 0) is 9.84 Å². The molecule has 1 aliphatic rings. The first-order valence-corrected chi connectivity index (χ1v) is 12.6. The van der Waals surface area contributed by atoms with Gasteiger partial charge in [-0.05, 0) is 55.0 Å². The molecule has 8 nitrogen and oxygen atoms in total. The van der Waals surface area contributed by atoms with Crippen molar-refractivity contribution in [3.8, 4) is 0 Å². The van der Waals surface area contributed by atoms with Crippen LogP contribution in [-0.4, -0.2) is 49.6 Å². The summed E-state index contributed by atoms with van der Waals surface area (Å²) in [5.41, 5.74) is 0.245. The van der Waals surface area contributed by atoms with Crippen molar-refractivity contribution in [1.29, 1.82) is 0 Å². The van der Waals surface area contributed by atoms with Crippen molar-refractivity contribution in [3.63, 3.8) is 0 Å². The number of pyridine rings is 1. The van der Waals surface area contributed by atoms with E-state index in [0.29, 0.717) is 29.9 Å². The van der Waals surface area contributed by atoms with Crippen molar-refractivity contribution in [1.82, 2.24) is 9.88 Å². The summed E-state index contributed by atoms with van der Waals surface area (Å²) in [6.07, 6.45) is 4.29. The summed E-state index contributed by atoms with van der Waals surface area (Å²) in [7, 11) is -3.55. The number of halogens is 1. The molecule has 1 saturated heterocycles. The van der Waals surface area contributed by atoms with E-state index in [1.165, 1.54) is 30.5 Å². The van der Waals surface area contributed by atoms with Crippen LogP contribution in [0.5, 0.6) is 0 Å². The summed E-state index contributed by atoms with van der Waals surface area (Å²) in [5, 5.41) is 5.79. The maximum atomic E-state index is 12.9. The van der Waals surface area contributed by atoms with Crippen LogP contribution >= 0.6 is 11.6 Å². The van der Waals surface area contributed by atoms with E-state index >= 15 is 0 Å². The quantitative estimate of drug-likeness (QED) is 0.666. The third-order valence-corrected chi connectivity index (χ3v) is 6.98. The van der Waals surface area contributed by atoms with Gasteiger partial charge in [-0.1, -0.05) is 25.4 Å². The summed E-state index contributed by atoms with van der Waals surface area (Å²) < 4.78 is 24.0. The number of sulfone groups is 1. The van der Waals surface area contributed by atoms with Gasteiger partial charge in [-0.15, -0.1) is 0 Å². The number of benzene rings is 1. The Morgan fingerprint density at radius 3 is 2.38 bits per heavy atom. The van der Waals surface area contributed by atoms with E-state index in [-0.39, 0.29) is 28.0 Å². The molecule has 1 fully saturated rings. The van der Waals surface area contributed by atoms with Crippen LogP contribution in [0.3, 0.4) is 0 Å². The van der Waals surface area contributed by atoms with Gasteiger partial charge in [-0.2, -0.15) is 0 Å². The highest BCUT2D eigenvalue weighted by Crippen LogP contribution is 2.26. The molecule has 0 saturated carbocycles. The average molecular weight is 479 g/mol. The smallest absolute Gasteiger partial charge is 0.321 e. The Labute approximate surface area is 193 Å². The second-order valence-corrected chi connectivity index (χ2v) is 10.7. The molecular weight excluding hydrogens is 452 g/mol. The molecule has 1 aliphatic heterocycles. The zero-order chi connectivity index (χ0) is 23.5. The number of piperidine rings is 1. The molecular formula is C22H27ClN4O4S. The van der Waals surface area contributed by atoms with E-state index in [9.17, 15) is 18.0 Å². The van der Waals surface area contributed by atoms with Crippen molar-refractivity contribution in [3.05, 3.63) is 47.1 Å². The number of anilines is 2. The molecule has 2 heterocycles. The Kier molecular flexibility index (Phi) is 7.40. The van der Waals surface area contributed by atoms with E-state index in [4.69, 9.17) is 11.6 Å². The molecule has 0 spiro atoms. The minimum Gasteiger partial charge on any atom is -0.325 e. The van der Waals surface area contributed by atoms with Crippen molar-refractivity contribution < 1.29 is 18.0 Å². The van der Waals surface area contributed by atoms with Gasteiger partial charge in [0.25, 0.3) is 5.91 Å². The molecule has 0 radical (unpaired) electrons. The van der Waals surface area contributed by atoms with Crippen LogP contribution in [0, 0.1) is 11.8 Å². The number of hydrogen-bond donors (Lipinski definition) is 2. The Morgan fingerprint density at radius 1 is 1.12 bits per heavy atom. The molecule has 10 heteroatoms. The van der Waals surface area contributed by atoms with Crippen molar-refractivity contribution in [2.75, 3.05) is 30.0 Å². The zero-order valence-corrected chi connectivity index (χ0v) is 19.8. The fourth-order valence-electron chi connectivity index (χ4n) is 3.65. The Morgan fingerprint density at radius 2 is 1.81 bits per heavy atom. The SMILES string of the molecule is CC(C)C1CCN(C(=O)Nc2ccc(S(C)(=O)=O)cc2C(=O)Nc2ccc(Cl)cn2)CC1. The summed E-state index contributed by atoms with van der Waals surface area (Å²) in [6, 6.07) is 6.82. The van der Waals surface area contributed by atoms with Crippen LogP contribution in [0.15, 0.2) is 41.4 Å². The number of amides is 3. The van der Waals surface area contributed by atoms with Crippen molar-refractivity contribution >= 4 is 44.9 Å². The topological polar surface area (TPSA) is 108 Å². The lowest BCUT2D eigenvalue weighted by atomic mass is 9.87. The Hall–Kier alpha value is -2.65. The highest BCUT2D eigenvalue weighted by Gasteiger charge is 2.26. The highest BCUT2D eigenvalue weighted by molar-refractivity contribution is 7.90. The number of carbonyl (C=O) groups excluding carboxylic acids is 2. The van der Waals surface area contributed by atoms with Crippen molar-refractivity contribution in [2.45, 2.75) is 31.6 Å². The van der Waals surface area contributed by atoms with E-state index in [1.54, 1.807) is 11.0 Å². The average Bonchev–Trinajstić information content (AvgIpc) is 2.74. The molecule has 2 aromatic rings. The van der Waals surface area contributed by atoms with E-state index in [0.717, 1.165) is 19.1 Å². The minimum absolute atomic E-state index is 0.0232. The molecule has 0 atom stereocenters. The number of likely N-dealkylation sites (tertiary alicyclic amines) is 1. The number of aromatic nitrogens is 1. The fraction of sp³-hybridized carbons (Fsp3) is 0.409. The fourth-order valence-corrected chi connectivity index (χ4v) is 4.41. The summed E-state index contributed by atoms with van der Waals surface area (Å²) in [4.78, 5) is 31.5. The summed E-state index contributed by atoms with van der Waals surface area (Å²) in [5.74, 6) is 0.804. The molecule has 1 aromatic carbocycles. The minimum atomic E-state index is -3.55. The third kappa shape index (κ3) is 5.98. The number of rotatable bonds is 5. The third-order valence-electron chi connectivity index (χ3n) is 5.64. The predicted molar refractivity (Wildman–Crippen MR) is 125 cm³/mol. The van der Waals surface area contributed by atoms with Gasteiger partial charge in [0.15, 0.2) is 9.84 Å². The number of urea groups is 1. The predicted octanol–water partition coefficient (Wildman–Crippen LogP) is 4.29. The maximum Gasteiger partial charge on any atom is 0.321 e. The molecule has 2 N–H and O–H groups in total. The summed E-state index contributed by atoms with van der Waals surface area (Å²) in [6.45, 7) is 5.63. The Bertz CT molecular complexity index is 1100. The molecule has 172 valence electrons. The Balaban J connectivity index is 1.82. The van der Waals surface area contributed by atoms with Crippen LogP contribution in [0.2, 0.25) is 5.02 Å². The largest absolute Gasteiger partial charge is 0.325 e. The van der Waals surface area contributed by atoms with Gasteiger partial charge < -0.3 is 15.5 Å². The molecule has 1 aromatic heterocycles. The molecule has 0 bridgehead atoms. The number of hydrogen-bond acceptors (Lipinski definition) is 5. The molecule has 32 heavy (non-hydrogen) atoms. The van der Waals surface area contributed by atoms with E-state index in [1.807, 2.05) is 0 Å². The molecule has 0 aliphatic carbocycles. The second kappa shape index (κ2) is 9.87. The lowest BCUT2D eigenvalue weighted by Crippen LogP contribution is -2.42. The maximum absolute atomic E-state index is 12.9. The summed E-state index contributed by atoms with van der Waals surface area (Å²) >= 11 is 5.82. The van der Waals surface area contributed by atoms with E-state index in [2.05, 4.69) is 29.5 Å². The number of nitrogens with one attached hydrogen (secondary N) is 2. The van der Waals surface area contributed by atoms with Crippen LogP contribution in [0.25, 0.3) is 0 Å². The molecule has 0 unspecified atom stereocenters. The van der Waals surface area contributed by atoms with Gasteiger partial charge >= 0.3 is 6.03 Å². The van der Waals surface area contributed by atoms with Gasteiger partial charge in [0, 0.05) is 25.5 Å². The first-order valence-electron chi connectivity index (χ1n) is 10.4. The van der Waals surface area contributed by atoms with Crippen LogP contribution < -0.4 is 10.6 Å². The van der Waals surface area contributed by atoms with Crippen LogP contribution in [0.4, 0.5) is 16.3 Å². The van der Waals surface area contributed by atoms with E-state index < -0.39 is 15.7 Å². The zero-order valence-electron chi connectivity index (χ0n) is 18.3. The number of carbonyl (C=O) groups is 2. The van der Waals surface area contributed by atoms with Gasteiger partial charge in [-0.25, -0.2) is 18.2 Å². The molecule has 3 rings (SSSR count). The monoisotopic (exact) mass is 478 g/mol. The lowest BCUT2D eigenvalue weighted by molar-refractivity contribution is 0.102.